The maximum atomic E-state index is 12.5. The summed E-state index contributed by atoms with van der Waals surface area (Å²) in [7, 11) is -7.19. The van der Waals surface area contributed by atoms with Gasteiger partial charge in [0.2, 0.25) is 10.0 Å². The van der Waals surface area contributed by atoms with Crippen LogP contribution in [0.3, 0.4) is 0 Å². The number of sulfonamides is 2. The highest BCUT2D eigenvalue weighted by atomic mass is 35.5. The summed E-state index contributed by atoms with van der Waals surface area (Å²) in [5.41, 5.74) is 1.36. The first-order valence-corrected chi connectivity index (χ1v) is 11.1. The second kappa shape index (κ2) is 6.51. The van der Waals surface area contributed by atoms with E-state index in [4.69, 9.17) is 11.6 Å². The lowest BCUT2D eigenvalue weighted by Gasteiger charge is -2.19. The summed E-state index contributed by atoms with van der Waals surface area (Å²) >= 11 is 6.13. The normalized spacial score (nSPS) is 16.8. The molecule has 9 heteroatoms. The molecular formula is C16H17ClN2O4S2. The Morgan fingerprint density at radius 2 is 1.92 bits per heavy atom. The third-order valence-corrected chi connectivity index (χ3v) is 7.42. The maximum absolute atomic E-state index is 12.5. The zero-order valence-corrected chi connectivity index (χ0v) is 15.8. The predicted molar refractivity (Wildman–Crippen MR) is 99.2 cm³/mol. The van der Waals surface area contributed by atoms with Crippen molar-refractivity contribution < 1.29 is 16.8 Å². The number of hydrogen-bond donors (Lipinski definition) is 1. The molecule has 0 spiro atoms. The van der Waals surface area contributed by atoms with Crippen molar-refractivity contribution >= 4 is 43.0 Å². The van der Waals surface area contributed by atoms with Crippen LogP contribution in [0.15, 0.2) is 47.4 Å². The van der Waals surface area contributed by atoms with Gasteiger partial charge in [-0.2, -0.15) is 0 Å². The maximum Gasteiger partial charge on any atom is 0.261 e. The van der Waals surface area contributed by atoms with Crippen molar-refractivity contribution in [1.29, 1.82) is 0 Å². The average molecular weight is 401 g/mol. The minimum atomic E-state index is -3.78. The Labute approximate surface area is 152 Å². The molecule has 0 atom stereocenters. The molecule has 2 aromatic rings. The van der Waals surface area contributed by atoms with Crippen molar-refractivity contribution in [2.45, 2.75) is 18.2 Å². The second-order valence-electron chi connectivity index (χ2n) is 5.83. The Balaban J connectivity index is 1.95. The Morgan fingerprint density at radius 1 is 1.16 bits per heavy atom. The van der Waals surface area contributed by atoms with E-state index in [0.717, 1.165) is 5.56 Å². The quantitative estimate of drug-likeness (QED) is 0.855. The van der Waals surface area contributed by atoms with Crippen LogP contribution in [0.25, 0.3) is 0 Å². The number of aryl methyl sites for hydroxylation is 1. The fourth-order valence-corrected chi connectivity index (χ4v) is 5.67. The number of nitrogens with one attached hydrogen (secondary N) is 1. The van der Waals surface area contributed by atoms with Crippen molar-refractivity contribution in [1.82, 2.24) is 0 Å². The summed E-state index contributed by atoms with van der Waals surface area (Å²) < 4.78 is 52.9. The van der Waals surface area contributed by atoms with Gasteiger partial charge in [0, 0.05) is 6.54 Å². The first-order chi connectivity index (χ1) is 11.7. The molecule has 0 amide bonds. The second-order valence-corrected chi connectivity index (χ2v) is 9.93. The molecule has 0 aromatic heterocycles. The minimum absolute atomic E-state index is 0.0581. The van der Waals surface area contributed by atoms with E-state index < -0.39 is 20.0 Å². The van der Waals surface area contributed by atoms with E-state index in [9.17, 15) is 16.8 Å². The van der Waals surface area contributed by atoms with E-state index in [1.807, 2.05) is 0 Å². The number of hydrogen-bond acceptors (Lipinski definition) is 4. The summed E-state index contributed by atoms with van der Waals surface area (Å²) in [6.45, 7) is 2.13. The lowest BCUT2D eigenvalue weighted by Crippen LogP contribution is -2.25. The summed E-state index contributed by atoms with van der Waals surface area (Å²) in [5, 5.41) is 0.254. The first kappa shape index (κ1) is 18.0. The van der Waals surface area contributed by atoms with Crippen LogP contribution in [-0.2, 0) is 20.0 Å². The van der Waals surface area contributed by atoms with Crippen LogP contribution in [-0.4, -0.2) is 29.1 Å². The summed E-state index contributed by atoms with van der Waals surface area (Å²) in [5.74, 6) is 0.0581. The highest BCUT2D eigenvalue weighted by molar-refractivity contribution is 7.93. The SMILES string of the molecule is Cc1cccc(S(=O)(=O)Nc2ccc(Cl)c(N3CCCS3(=O)=O)c2)c1. The van der Waals surface area contributed by atoms with Crippen LogP contribution in [0.1, 0.15) is 12.0 Å². The van der Waals surface area contributed by atoms with Gasteiger partial charge in [0.25, 0.3) is 10.0 Å². The minimum Gasteiger partial charge on any atom is -0.280 e. The molecule has 0 saturated carbocycles. The van der Waals surface area contributed by atoms with Gasteiger partial charge in [0.1, 0.15) is 0 Å². The molecule has 1 heterocycles. The van der Waals surface area contributed by atoms with Crippen molar-refractivity contribution in [2.75, 3.05) is 21.3 Å². The molecule has 25 heavy (non-hydrogen) atoms. The van der Waals surface area contributed by atoms with Gasteiger partial charge in [0.15, 0.2) is 0 Å². The predicted octanol–water partition coefficient (Wildman–Crippen LogP) is 2.99. The van der Waals surface area contributed by atoms with Crippen LogP contribution in [0.4, 0.5) is 11.4 Å². The largest absolute Gasteiger partial charge is 0.280 e. The zero-order chi connectivity index (χ0) is 18.2. The number of nitrogens with zero attached hydrogens (tertiary/aromatic N) is 1. The molecule has 134 valence electrons. The summed E-state index contributed by atoms with van der Waals surface area (Å²) in [6.07, 6.45) is 0.512. The van der Waals surface area contributed by atoms with Crippen molar-refractivity contribution in [3.8, 4) is 0 Å². The average Bonchev–Trinajstić information content (AvgIpc) is 2.88. The van der Waals surface area contributed by atoms with Gasteiger partial charge in [-0.15, -0.1) is 0 Å². The van der Waals surface area contributed by atoms with Crippen LogP contribution >= 0.6 is 11.6 Å². The van der Waals surface area contributed by atoms with Gasteiger partial charge in [0.05, 0.1) is 27.0 Å². The van der Waals surface area contributed by atoms with Crippen LogP contribution in [0.2, 0.25) is 5.02 Å². The smallest absolute Gasteiger partial charge is 0.261 e. The highest BCUT2D eigenvalue weighted by Crippen LogP contribution is 2.34. The molecule has 1 saturated heterocycles. The van der Waals surface area contributed by atoms with Crippen molar-refractivity contribution in [3.05, 3.63) is 53.1 Å². The van der Waals surface area contributed by atoms with Crippen LogP contribution in [0, 0.1) is 6.92 Å². The molecule has 0 unspecified atom stereocenters. The topological polar surface area (TPSA) is 83.6 Å². The Bertz CT molecular complexity index is 1020. The lowest BCUT2D eigenvalue weighted by atomic mass is 10.2. The van der Waals surface area contributed by atoms with E-state index >= 15 is 0 Å². The van der Waals surface area contributed by atoms with Gasteiger partial charge >= 0.3 is 0 Å². The monoisotopic (exact) mass is 400 g/mol. The Kier molecular flexibility index (Phi) is 4.70. The molecule has 1 N–H and O–H groups in total. The van der Waals surface area contributed by atoms with E-state index in [1.54, 1.807) is 25.1 Å². The van der Waals surface area contributed by atoms with Crippen molar-refractivity contribution in [3.63, 3.8) is 0 Å². The van der Waals surface area contributed by atoms with Crippen LogP contribution < -0.4 is 9.03 Å². The third-order valence-electron chi connectivity index (χ3n) is 3.87. The highest BCUT2D eigenvalue weighted by Gasteiger charge is 2.30. The first-order valence-electron chi connectivity index (χ1n) is 7.58. The molecule has 0 radical (unpaired) electrons. The number of rotatable bonds is 4. The summed E-state index contributed by atoms with van der Waals surface area (Å²) in [6, 6.07) is 11.0. The lowest BCUT2D eigenvalue weighted by molar-refractivity contribution is 0.598. The van der Waals surface area contributed by atoms with Gasteiger partial charge in [-0.1, -0.05) is 23.7 Å². The number of halogens is 1. The van der Waals surface area contributed by atoms with Crippen molar-refractivity contribution in [2.24, 2.45) is 0 Å². The molecule has 3 rings (SSSR count). The van der Waals surface area contributed by atoms with E-state index in [-0.39, 0.29) is 27.0 Å². The van der Waals surface area contributed by atoms with Gasteiger partial charge in [-0.25, -0.2) is 16.8 Å². The molecule has 1 fully saturated rings. The number of anilines is 2. The molecule has 6 nitrogen and oxygen atoms in total. The molecule has 1 aliphatic rings. The number of benzene rings is 2. The van der Waals surface area contributed by atoms with E-state index in [0.29, 0.717) is 13.0 Å². The van der Waals surface area contributed by atoms with Gasteiger partial charge in [-0.3, -0.25) is 9.03 Å². The molecule has 2 aromatic carbocycles. The zero-order valence-electron chi connectivity index (χ0n) is 13.4. The Hall–Kier alpha value is -1.77. The fraction of sp³-hybridized carbons (Fsp3) is 0.250. The van der Waals surface area contributed by atoms with Crippen LogP contribution in [0.5, 0.6) is 0 Å². The summed E-state index contributed by atoms with van der Waals surface area (Å²) in [4.78, 5) is 0.137. The van der Waals surface area contributed by atoms with E-state index in [1.165, 1.54) is 28.6 Å². The fourth-order valence-electron chi connectivity index (χ4n) is 2.67. The molecular weight excluding hydrogens is 384 g/mol. The standard InChI is InChI=1S/C16H17ClN2O4S2/c1-12-4-2-5-14(10-12)25(22,23)18-13-6-7-15(17)16(11-13)19-8-3-9-24(19,20)21/h2,4-7,10-11,18H,3,8-9H2,1H3. The van der Waals surface area contributed by atoms with Gasteiger partial charge < -0.3 is 0 Å². The molecule has 0 bridgehead atoms. The van der Waals surface area contributed by atoms with E-state index in [2.05, 4.69) is 4.72 Å². The molecule has 0 aliphatic carbocycles. The molecule has 1 aliphatic heterocycles. The third kappa shape index (κ3) is 3.75. The van der Waals surface area contributed by atoms with Gasteiger partial charge in [-0.05, 0) is 49.2 Å². The Morgan fingerprint density at radius 3 is 2.56 bits per heavy atom.